The van der Waals surface area contributed by atoms with E-state index in [4.69, 9.17) is 0 Å². The zero-order valence-electron chi connectivity index (χ0n) is 15.9. The van der Waals surface area contributed by atoms with Gasteiger partial charge in [-0.3, -0.25) is 14.0 Å². The van der Waals surface area contributed by atoms with E-state index in [2.05, 4.69) is 17.2 Å². The Morgan fingerprint density at radius 1 is 1.31 bits per heavy atom. The van der Waals surface area contributed by atoms with Gasteiger partial charge in [-0.05, 0) is 51.2 Å². The van der Waals surface area contributed by atoms with E-state index in [1.54, 1.807) is 10.6 Å². The zero-order chi connectivity index (χ0) is 18.7. The molecule has 0 spiro atoms. The maximum atomic E-state index is 13.2. The van der Waals surface area contributed by atoms with Crippen LogP contribution in [0.5, 0.6) is 0 Å². The van der Waals surface area contributed by atoms with Crippen LogP contribution in [0.2, 0.25) is 0 Å². The summed E-state index contributed by atoms with van der Waals surface area (Å²) in [4.78, 5) is 32.3. The number of aromatic nitrogens is 2. The van der Waals surface area contributed by atoms with E-state index in [1.165, 1.54) is 0 Å². The molecule has 6 heteroatoms. The van der Waals surface area contributed by atoms with Crippen LogP contribution < -0.4 is 5.32 Å². The predicted octanol–water partition coefficient (Wildman–Crippen LogP) is 3.27. The number of hydrogen-bond donors (Lipinski definition) is 1. The van der Waals surface area contributed by atoms with Gasteiger partial charge in [0.05, 0.1) is 5.52 Å². The number of amides is 2. The Labute approximate surface area is 154 Å². The predicted molar refractivity (Wildman–Crippen MR) is 101 cm³/mol. The monoisotopic (exact) mass is 356 g/mol. The molecule has 26 heavy (non-hydrogen) atoms. The molecule has 140 valence electrons. The lowest BCUT2D eigenvalue weighted by Gasteiger charge is -2.34. The number of imidazole rings is 1. The summed E-state index contributed by atoms with van der Waals surface area (Å²) in [6.45, 7) is 6.85. The average Bonchev–Trinajstić information content (AvgIpc) is 3.07. The van der Waals surface area contributed by atoms with Crippen molar-refractivity contribution >= 4 is 17.3 Å². The van der Waals surface area contributed by atoms with Crippen molar-refractivity contribution in [3.63, 3.8) is 0 Å². The summed E-state index contributed by atoms with van der Waals surface area (Å²) in [6.07, 6.45) is 6.80. The SMILES string of the molecule is CCC(C)NC(=O)c1nc(C(=O)N2CCCCC2CC)n2ccccc12. The summed E-state index contributed by atoms with van der Waals surface area (Å²) in [5.74, 6) is 0.0170. The maximum Gasteiger partial charge on any atom is 0.290 e. The number of pyridine rings is 1. The first-order valence-electron chi connectivity index (χ1n) is 9.65. The molecule has 2 aromatic heterocycles. The lowest BCUT2D eigenvalue weighted by molar-refractivity contribution is 0.0594. The lowest BCUT2D eigenvalue weighted by atomic mass is 10.00. The van der Waals surface area contributed by atoms with Gasteiger partial charge in [-0.15, -0.1) is 0 Å². The Bertz CT molecular complexity index is 798. The van der Waals surface area contributed by atoms with E-state index in [0.717, 1.165) is 38.6 Å². The Kier molecular flexibility index (Phi) is 5.59. The molecule has 0 bridgehead atoms. The fraction of sp³-hybridized carbons (Fsp3) is 0.550. The van der Waals surface area contributed by atoms with Crippen LogP contribution >= 0.6 is 0 Å². The fourth-order valence-electron chi connectivity index (χ4n) is 3.57. The number of hydrogen-bond acceptors (Lipinski definition) is 3. The molecule has 0 aromatic carbocycles. The molecule has 3 heterocycles. The molecule has 2 aromatic rings. The third kappa shape index (κ3) is 3.45. The highest BCUT2D eigenvalue weighted by Crippen LogP contribution is 2.23. The summed E-state index contributed by atoms with van der Waals surface area (Å²) in [5.41, 5.74) is 0.987. The van der Waals surface area contributed by atoms with Crippen LogP contribution in [0.4, 0.5) is 0 Å². The average molecular weight is 356 g/mol. The second-order valence-electron chi connectivity index (χ2n) is 7.08. The molecular formula is C20H28N4O2. The normalized spacial score (nSPS) is 18.7. The van der Waals surface area contributed by atoms with E-state index >= 15 is 0 Å². The van der Waals surface area contributed by atoms with Crippen molar-refractivity contribution in [1.29, 1.82) is 0 Å². The van der Waals surface area contributed by atoms with Crippen LogP contribution in [0.3, 0.4) is 0 Å². The highest BCUT2D eigenvalue weighted by Gasteiger charge is 2.30. The zero-order valence-corrected chi connectivity index (χ0v) is 15.9. The first-order chi connectivity index (χ1) is 12.6. The van der Waals surface area contributed by atoms with Crippen molar-refractivity contribution in [3.05, 3.63) is 35.9 Å². The van der Waals surface area contributed by atoms with Gasteiger partial charge in [0, 0.05) is 24.8 Å². The van der Waals surface area contributed by atoms with Crippen LogP contribution in [0.15, 0.2) is 24.4 Å². The van der Waals surface area contributed by atoms with Crippen molar-refractivity contribution in [3.8, 4) is 0 Å². The minimum Gasteiger partial charge on any atom is -0.348 e. The molecule has 1 aliphatic rings. The third-order valence-electron chi connectivity index (χ3n) is 5.30. The van der Waals surface area contributed by atoms with E-state index in [9.17, 15) is 9.59 Å². The van der Waals surface area contributed by atoms with Crippen LogP contribution in [0.25, 0.3) is 5.52 Å². The van der Waals surface area contributed by atoms with Crippen LogP contribution in [-0.2, 0) is 0 Å². The third-order valence-corrected chi connectivity index (χ3v) is 5.30. The second-order valence-corrected chi connectivity index (χ2v) is 7.08. The Balaban J connectivity index is 1.98. The lowest BCUT2D eigenvalue weighted by Crippen LogP contribution is -2.44. The highest BCUT2D eigenvalue weighted by atomic mass is 16.2. The molecule has 1 aliphatic heterocycles. The molecular weight excluding hydrogens is 328 g/mol. The Morgan fingerprint density at radius 2 is 2.12 bits per heavy atom. The van der Waals surface area contributed by atoms with Crippen molar-refractivity contribution in [1.82, 2.24) is 19.6 Å². The summed E-state index contributed by atoms with van der Waals surface area (Å²) in [7, 11) is 0. The van der Waals surface area contributed by atoms with Gasteiger partial charge in [-0.2, -0.15) is 0 Å². The molecule has 0 aliphatic carbocycles. The molecule has 2 amide bonds. The van der Waals surface area contributed by atoms with Crippen molar-refractivity contribution < 1.29 is 9.59 Å². The van der Waals surface area contributed by atoms with E-state index in [1.807, 2.05) is 36.9 Å². The molecule has 1 fully saturated rings. The smallest absolute Gasteiger partial charge is 0.290 e. The molecule has 2 unspecified atom stereocenters. The fourth-order valence-corrected chi connectivity index (χ4v) is 3.57. The van der Waals surface area contributed by atoms with Crippen LogP contribution in [0.1, 0.15) is 74.0 Å². The molecule has 6 nitrogen and oxygen atoms in total. The standard InChI is InChI=1S/C20H28N4O2/c1-4-14(3)21-19(25)17-16-11-7-9-13-24(16)18(22-17)20(26)23-12-8-6-10-15(23)5-2/h7,9,11,13-15H,4-6,8,10,12H2,1-3H3,(H,21,25). The molecule has 2 atom stereocenters. The first-order valence-corrected chi connectivity index (χ1v) is 9.65. The number of likely N-dealkylation sites (tertiary alicyclic amines) is 1. The van der Waals surface area contributed by atoms with Gasteiger partial charge in [0.15, 0.2) is 5.69 Å². The number of nitrogens with zero attached hydrogens (tertiary/aromatic N) is 3. The van der Waals surface area contributed by atoms with Crippen molar-refractivity contribution in [2.75, 3.05) is 6.54 Å². The maximum absolute atomic E-state index is 13.2. The summed E-state index contributed by atoms with van der Waals surface area (Å²) in [6, 6.07) is 5.87. The number of piperidine rings is 1. The highest BCUT2D eigenvalue weighted by molar-refractivity contribution is 6.02. The van der Waals surface area contributed by atoms with E-state index < -0.39 is 0 Å². The minimum absolute atomic E-state index is 0.0636. The molecule has 3 rings (SSSR count). The van der Waals surface area contributed by atoms with Gasteiger partial charge in [0.2, 0.25) is 5.82 Å². The number of nitrogens with one attached hydrogen (secondary N) is 1. The van der Waals surface area contributed by atoms with Gasteiger partial charge in [0.25, 0.3) is 11.8 Å². The van der Waals surface area contributed by atoms with Crippen LogP contribution in [-0.4, -0.2) is 44.7 Å². The minimum atomic E-state index is -0.229. The summed E-state index contributed by atoms with van der Waals surface area (Å²) >= 11 is 0. The van der Waals surface area contributed by atoms with E-state index in [0.29, 0.717) is 17.0 Å². The molecule has 1 N–H and O–H groups in total. The Morgan fingerprint density at radius 3 is 2.85 bits per heavy atom. The first kappa shape index (κ1) is 18.4. The number of carbonyl (C=O) groups excluding carboxylic acids is 2. The summed E-state index contributed by atoms with van der Waals surface area (Å²) < 4.78 is 1.75. The van der Waals surface area contributed by atoms with Gasteiger partial charge in [0.1, 0.15) is 0 Å². The molecule has 0 saturated carbocycles. The quantitative estimate of drug-likeness (QED) is 0.894. The summed E-state index contributed by atoms with van der Waals surface area (Å²) in [5, 5.41) is 2.95. The van der Waals surface area contributed by atoms with Crippen molar-refractivity contribution in [2.45, 2.75) is 65.0 Å². The topological polar surface area (TPSA) is 66.7 Å². The largest absolute Gasteiger partial charge is 0.348 e. The number of carbonyl (C=O) groups is 2. The van der Waals surface area contributed by atoms with E-state index in [-0.39, 0.29) is 23.9 Å². The van der Waals surface area contributed by atoms with Gasteiger partial charge in [-0.25, -0.2) is 4.98 Å². The number of rotatable bonds is 5. The van der Waals surface area contributed by atoms with Gasteiger partial charge < -0.3 is 10.2 Å². The molecule has 1 saturated heterocycles. The van der Waals surface area contributed by atoms with Crippen LogP contribution in [0, 0.1) is 0 Å². The Hall–Kier alpha value is -2.37. The molecule has 0 radical (unpaired) electrons. The second kappa shape index (κ2) is 7.89. The van der Waals surface area contributed by atoms with Crippen molar-refractivity contribution in [2.24, 2.45) is 0 Å². The van der Waals surface area contributed by atoms with Gasteiger partial charge >= 0.3 is 0 Å². The number of fused-ring (bicyclic) bond motifs is 1. The van der Waals surface area contributed by atoms with Gasteiger partial charge in [-0.1, -0.05) is 19.9 Å².